The fraction of sp³-hybridized carbons (Fsp3) is 0.409. The number of hydrogen-bond acceptors (Lipinski definition) is 6. The van der Waals surface area contributed by atoms with Crippen molar-refractivity contribution in [2.45, 2.75) is 13.3 Å². The first kappa shape index (κ1) is 24.5. The largest absolute Gasteiger partial charge is 0.493 e. The van der Waals surface area contributed by atoms with Gasteiger partial charge in [-0.15, -0.1) is 0 Å². The van der Waals surface area contributed by atoms with Gasteiger partial charge in [0.15, 0.2) is 11.5 Å². The molecule has 0 saturated carbocycles. The molecular formula is C22H31N3O5S. The summed E-state index contributed by atoms with van der Waals surface area (Å²) in [5, 5.41) is 2.91. The number of nitrogens with zero attached hydrogens (tertiary/aromatic N) is 1. The van der Waals surface area contributed by atoms with Crippen LogP contribution in [-0.4, -0.2) is 65.9 Å². The third-order valence-corrected chi connectivity index (χ3v) is 5.38. The predicted octanol–water partition coefficient (Wildman–Crippen LogP) is 2.37. The van der Waals surface area contributed by atoms with E-state index in [1.165, 1.54) is 0 Å². The molecule has 0 saturated heterocycles. The summed E-state index contributed by atoms with van der Waals surface area (Å²) < 4.78 is 35.5. The Morgan fingerprint density at radius 2 is 1.68 bits per heavy atom. The summed E-state index contributed by atoms with van der Waals surface area (Å²) in [4.78, 5) is 14.6. The molecule has 2 aromatic carbocycles. The minimum atomic E-state index is -3.34. The number of sulfonamides is 1. The number of carbonyl (C=O) groups excluding carboxylic acids is 1. The van der Waals surface area contributed by atoms with E-state index in [-0.39, 0.29) is 5.91 Å². The summed E-state index contributed by atoms with van der Waals surface area (Å²) in [6, 6.07) is 12.2. The van der Waals surface area contributed by atoms with E-state index in [0.717, 1.165) is 37.9 Å². The van der Waals surface area contributed by atoms with Gasteiger partial charge in [0.25, 0.3) is 5.91 Å². The Morgan fingerprint density at radius 1 is 1.00 bits per heavy atom. The highest BCUT2D eigenvalue weighted by Gasteiger charge is 2.09. The van der Waals surface area contributed by atoms with Crippen LogP contribution in [0.25, 0.3) is 0 Å². The smallest absolute Gasteiger partial charge is 0.251 e. The van der Waals surface area contributed by atoms with E-state index in [9.17, 15) is 13.2 Å². The minimum absolute atomic E-state index is 0.193. The Labute approximate surface area is 184 Å². The van der Waals surface area contributed by atoms with Crippen molar-refractivity contribution in [3.63, 3.8) is 0 Å². The summed E-state index contributed by atoms with van der Waals surface area (Å²) in [5.41, 5.74) is 2.06. The van der Waals surface area contributed by atoms with Crippen LogP contribution >= 0.6 is 0 Å². The Kier molecular flexibility index (Phi) is 9.14. The lowest BCUT2D eigenvalue weighted by Gasteiger charge is -2.21. The second kappa shape index (κ2) is 11.6. The van der Waals surface area contributed by atoms with E-state index in [1.807, 2.05) is 18.2 Å². The molecule has 0 unspecified atom stereocenters. The third kappa shape index (κ3) is 8.10. The zero-order chi connectivity index (χ0) is 22.9. The lowest BCUT2D eigenvalue weighted by molar-refractivity contribution is 0.0948. The van der Waals surface area contributed by atoms with Gasteiger partial charge in [0.05, 0.1) is 20.5 Å². The van der Waals surface area contributed by atoms with Gasteiger partial charge in [-0.25, -0.2) is 8.42 Å². The molecule has 0 spiro atoms. The molecule has 2 rings (SSSR count). The first-order valence-corrected chi connectivity index (χ1v) is 11.9. The molecule has 2 N–H and O–H groups in total. The van der Waals surface area contributed by atoms with E-state index in [0.29, 0.717) is 29.3 Å². The summed E-state index contributed by atoms with van der Waals surface area (Å²) in [5.74, 6) is 1.23. The molecule has 0 bridgehead atoms. The molecule has 2 aromatic rings. The lowest BCUT2D eigenvalue weighted by atomic mass is 10.1. The molecule has 170 valence electrons. The number of rotatable bonds is 12. The van der Waals surface area contributed by atoms with Crippen molar-refractivity contribution in [1.82, 2.24) is 10.2 Å². The van der Waals surface area contributed by atoms with Gasteiger partial charge in [-0.05, 0) is 54.9 Å². The number of benzene rings is 2. The van der Waals surface area contributed by atoms with Crippen LogP contribution in [0.4, 0.5) is 5.69 Å². The number of amides is 1. The molecule has 0 heterocycles. The number of anilines is 1. The van der Waals surface area contributed by atoms with Gasteiger partial charge in [-0.3, -0.25) is 9.52 Å². The number of ether oxygens (including phenoxy) is 2. The Morgan fingerprint density at radius 3 is 2.26 bits per heavy atom. The van der Waals surface area contributed by atoms with E-state index >= 15 is 0 Å². The molecule has 8 nitrogen and oxygen atoms in total. The Bertz CT molecular complexity index is 962. The van der Waals surface area contributed by atoms with E-state index in [4.69, 9.17) is 9.47 Å². The van der Waals surface area contributed by atoms with Crippen molar-refractivity contribution in [3.05, 3.63) is 53.6 Å². The first-order chi connectivity index (χ1) is 14.8. The molecule has 1 amide bonds. The minimum Gasteiger partial charge on any atom is -0.493 e. The summed E-state index contributed by atoms with van der Waals surface area (Å²) in [6.07, 6.45) is 1.94. The monoisotopic (exact) mass is 449 g/mol. The SMILES string of the molecule is CCN(CCNC(=O)c1ccc(NS(C)(=O)=O)cc1)CCc1ccc(OC)c(OC)c1. The number of methoxy groups -OCH3 is 2. The molecule has 0 aliphatic heterocycles. The highest BCUT2D eigenvalue weighted by atomic mass is 32.2. The standard InChI is InChI=1S/C22H31N3O5S/c1-5-25(14-12-17-6-11-20(29-2)21(16-17)30-3)15-13-23-22(26)18-7-9-19(10-8-18)24-31(4,27)28/h6-11,16,24H,5,12-15H2,1-4H3,(H,23,26). The first-order valence-electron chi connectivity index (χ1n) is 10.0. The maximum atomic E-state index is 12.3. The lowest BCUT2D eigenvalue weighted by Crippen LogP contribution is -2.36. The third-order valence-electron chi connectivity index (χ3n) is 4.78. The van der Waals surface area contributed by atoms with Crippen molar-refractivity contribution in [1.29, 1.82) is 0 Å². The van der Waals surface area contributed by atoms with Gasteiger partial charge < -0.3 is 19.7 Å². The van der Waals surface area contributed by atoms with Crippen LogP contribution in [0.5, 0.6) is 11.5 Å². The highest BCUT2D eigenvalue weighted by molar-refractivity contribution is 7.92. The zero-order valence-corrected chi connectivity index (χ0v) is 19.3. The fourth-order valence-corrected chi connectivity index (χ4v) is 3.65. The van der Waals surface area contributed by atoms with Gasteiger partial charge >= 0.3 is 0 Å². The van der Waals surface area contributed by atoms with Crippen molar-refractivity contribution >= 4 is 21.6 Å². The fourth-order valence-electron chi connectivity index (χ4n) is 3.08. The number of carbonyl (C=O) groups is 1. The topological polar surface area (TPSA) is 97.0 Å². The number of likely N-dealkylation sites (N-methyl/N-ethyl adjacent to an activating group) is 1. The molecule has 31 heavy (non-hydrogen) atoms. The summed E-state index contributed by atoms with van der Waals surface area (Å²) in [7, 11) is -0.0994. The summed E-state index contributed by atoms with van der Waals surface area (Å²) >= 11 is 0. The van der Waals surface area contributed by atoms with Gasteiger partial charge in [0.1, 0.15) is 0 Å². The predicted molar refractivity (Wildman–Crippen MR) is 123 cm³/mol. The molecule has 0 aliphatic carbocycles. The maximum absolute atomic E-state index is 12.3. The van der Waals surface area contributed by atoms with E-state index in [1.54, 1.807) is 38.5 Å². The van der Waals surface area contributed by atoms with Crippen LogP contribution in [0.3, 0.4) is 0 Å². The molecule has 0 aromatic heterocycles. The second-order valence-electron chi connectivity index (χ2n) is 7.08. The molecule has 0 atom stereocenters. The van der Waals surface area contributed by atoms with Crippen LogP contribution in [0, 0.1) is 0 Å². The Balaban J connectivity index is 1.81. The maximum Gasteiger partial charge on any atom is 0.251 e. The molecule has 0 radical (unpaired) electrons. The van der Waals surface area contributed by atoms with E-state index in [2.05, 4.69) is 21.9 Å². The van der Waals surface area contributed by atoms with Crippen molar-refractivity contribution in [3.8, 4) is 11.5 Å². The zero-order valence-electron chi connectivity index (χ0n) is 18.5. The van der Waals surface area contributed by atoms with Crippen molar-refractivity contribution in [2.24, 2.45) is 0 Å². The van der Waals surface area contributed by atoms with Gasteiger partial charge in [0, 0.05) is 30.9 Å². The van der Waals surface area contributed by atoms with Crippen LogP contribution in [0.15, 0.2) is 42.5 Å². The molecule has 0 aliphatic rings. The molecule has 9 heteroatoms. The van der Waals surface area contributed by atoms with Gasteiger partial charge in [-0.1, -0.05) is 13.0 Å². The van der Waals surface area contributed by atoms with Gasteiger partial charge in [-0.2, -0.15) is 0 Å². The summed E-state index contributed by atoms with van der Waals surface area (Å²) in [6.45, 7) is 5.05. The van der Waals surface area contributed by atoms with Crippen LogP contribution < -0.4 is 19.5 Å². The number of nitrogens with one attached hydrogen (secondary N) is 2. The highest BCUT2D eigenvalue weighted by Crippen LogP contribution is 2.27. The van der Waals surface area contributed by atoms with Crippen LogP contribution in [-0.2, 0) is 16.4 Å². The van der Waals surface area contributed by atoms with Crippen molar-refractivity contribution in [2.75, 3.05) is 51.4 Å². The average Bonchev–Trinajstić information content (AvgIpc) is 2.75. The number of hydrogen-bond donors (Lipinski definition) is 2. The Hall–Kier alpha value is -2.78. The molecular weight excluding hydrogens is 418 g/mol. The van der Waals surface area contributed by atoms with Crippen LogP contribution in [0.1, 0.15) is 22.8 Å². The van der Waals surface area contributed by atoms with Crippen LogP contribution in [0.2, 0.25) is 0 Å². The average molecular weight is 450 g/mol. The quantitative estimate of drug-likeness (QED) is 0.516. The second-order valence-corrected chi connectivity index (χ2v) is 8.83. The molecule has 0 fully saturated rings. The van der Waals surface area contributed by atoms with E-state index < -0.39 is 10.0 Å². The normalized spacial score (nSPS) is 11.3. The van der Waals surface area contributed by atoms with Crippen molar-refractivity contribution < 1.29 is 22.7 Å². The van der Waals surface area contributed by atoms with Gasteiger partial charge in [0.2, 0.25) is 10.0 Å².